The summed E-state index contributed by atoms with van der Waals surface area (Å²) in [4.78, 5) is 11.0. The summed E-state index contributed by atoms with van der Waals surface area (Å²) in [6.45, 7) is 2.40. The van der Waals surface area contributed by atoms with Gasteiger partial charge >= 0.3 is 0 Å². The van der Waals surface area contributed by atoms with Crippen molar-refractivity contribution in [1.82, 2.24) is 5.32 Å². The van der Waals surface area contributed by atoms with Crippen molar-refractivity contribution < 1.29 is 9.90 Å². The summed E-state index contributed by atoms with van der Waals surface area (Å²) in [6.07, 6.45) is 1.90. The average molecular weight is 174 g/mol. The van der Waals surface area contributed by atoms with Crippen molar-refractivity contribution in [2.24, 2.45) is 5.73 Å². The van der Waals surface area contributed by atoms with E-state index in [1.165, 1.54) is 0 Å². The molecule has 1 amide bonds. The van der Waals surface area contributed by atoms with E-state index >= 15 is 0 Å². The summed E-state index contributed by atoms with van der Waals surface area (Å²) in [6, 6.07) is -0.0750. The van der Waals surface area contributed by atoms with Crippen molar-refractivity contribution in [2.75, 3.05) is 13.2 Å². The van der Waals surface area contributed by atoms with Gasteiger partial charge in [-0.05, 0) is 12.8 Å². The number of hydrogen-bond acceptors (Lipinski definition) is 3. The highest BCUT2D eigenvalue weighted by Gasteiger charge is 2.08. The van der Waals surface area contributed by atoms with E-state index in [1.54, 1.807) is 0 Å². The molecule has 0 aromatic carbocycles. The SMILES string of the molecule is CCCC(=O)NC(CN)CCO. The Morgan fingerprint density at radius 1 is 1.67 bits per heavy atom. The van der Waals surface area contributed by atoms with Gasteiger partial charge in [0.25, 0.3) is 0 Å². The highest BCUT2D eigenvalue weighted by molar-refractivity contribution is 5.76. The Morgan fingerprint density at radius 3 is 2.75 bits per heavy atom. The van der Waals surface area contributed by atoms with Gasteiger partial charge in [0.1, 0.15) is 0 Å². The monoisotopic (exact) mass is 174 g/mol. The number of rotatable bonds is 6. The first kappa shape index (κ1) is 11.4. The van der Waals surface area contributed by atoms with E-state index in [9.17, 15) is 4.79 Å². The Labute approximate surface area is 73.1 Å². The summed E-state index contributed by atoms with van der Waals surface area (Å²) in [5.74, 6) is 0.0152. The van der Waals surface area contributed by atoms with E-state index in [0.717, 1.165) is 6.42 Å². The van der Waals surface area contributed by atoms with Crippen LogP contribution in [0.5, 0.6) is 0 Å². The van der Waals surface area contributed by atoms with Gasteiger partial charge in [-0.2, -0.15) is 0 Å². The van der Waals surface area contributed by atoms with Gasteiger partial charge in [-0.25, -0.2) is 0 Å². The number of amides is 1. The van der Waals surface area contributed by atoms with E-state index in [4.69, 9.17) is 10.8 Å². The molecule has 1 atom stereocenters. The number of aliphatic hydroxyl groups excluding tert-OH is 1. The number of nitrogens with one attached hydrogen (secondary N) is 1. The fraction of sp³-hybridized carbons (Fsp3) is 0.875. The molecule has 0 heterocycles. The maximum Gasteiger partial charge on any atom is 0.220 e. The first-order chi connectivity index (χ1) is 5.74. The molecule has 4 heteroatoms. The van der Waals surface area contributed by atoms with Crippen molar-refractivity contribution in [2.45, 2.75) is 32.2 Å². The third-order valence-corrected chi connectivity index (χ3v) is 1.60. The molecule has 0 aliphatic heterocycles. The number of hydrogen-bond donors (Lipinski definition) is 3. The Kier molecular flexibility index (Phi) is 6.70. The first-order valence-electron chi connectivity index (χ1n) is 4.34. The minimum absolute atomic E-state index is 0.0152. The van der Waals surface area contributed by atoms with Crippen LogP contribution in [-0.2, 0) is 4.79 Å². The van der Waals surface area contributed by atoms with Crippen molar-refractivity contribution in [3.63, 3.8) is 0 Å². The average Bonchev–Trinajstić information content (AvgIpc) is 2.04. The lowest BCUT2D eigenvalue weighted by atomic mass is 10.2. The molecule has 0 aromatic rings. The predicted molar refractivity (Wildman–Crippen MR) is 47.6 cm³/mol. The number of nitrogens with two attached hydrogens (primary N) is 1. The van der Waals surface area contributed by atoms with E-state index in [-0.39, 0.29) is 18.6 Å². The second kappa shape index (κ2) is 7.06. The summed E-state index contributed by atoms with van der Waals surface area (Å²) in [7, 11) is 0. The van der Waals surface area contributed by atoms with Gasteiger partial charge in [-0.3, -0.25) is 4.79 Å². The van der Waals surface area contributed by atoms with Crippen LogP contribution in [0.4, 0.5) is 0 Å². The van der Waals surface area contributed by atoms with Crippen molar-refractivity contribution in [1.29, 1.82) is 0 Å². The minimum atomic E-state index is -0.0750. The van der Waals surface area contributed by atoms with Crippen LogP contribution in [0, 0.1) is 0 Å². The van der Waals surface area contributed by atoms with Gasteiger partial charge in [-0.15, -0.1) is 0 Å². The van der Waals surface area contributed by atoms with Crippen LogP contribution >= 0.6 is 0 Å². The summed E-state index contributed by atoms with van der Waals surface area (Å²) >= 11 is 0. The molecular formula is C8H18N2O2. The standard InChI is InChI=1S/C8H18N2O2/c1-2-3-8(12)10-7(6-9)4-5-11/h7,11H,2-6,9H2,1H3,(H,10,12). The number of aliphatic hydroxyl groups is 1. The van der Waals surface area contributed by atoms with Crippen LogP contribution < -0.4 is 11.1 Å². The number of carbonyl (C=O) groups excluding carboxylic acids is 1. The molecule has 0 aromatic heterocycles. The molecule has 4 N–H and O–H groups in total. The molecule has 0 spiro atoms. The Balaban J connectivity index is 3.61. The van der Waals surface area contributed by atoms with Crippen LogP contribution in [0.15, 0.2) is 0 Å². The summed E-state index contributed by atoms with van der Waals surface area (Å²) in [5, 5.41) is 11.3. The maximum atomic E-state index is 11.0. The molecule has 0 bridgehead atoms. The molecule has 1 unspecified atom stereocenters. The van der Waals surface area contributed by atoms with Gasteiger partial charge in [0.05, 0.1) is 0 Å². The van der Waals surface area contributed by atoms with Crippen molar-refractivity contribution >= 4 is 5.91 Å². The van der Waals surface area contributed by atoms with Crippen LogP contribution in [-0.4, -0.2) is 30.2 Å². The molecule has 0 fully saturated rings. The van der Waals surface area contributed by atoms with E-state index in [2.05, 4.69) is 5.32 Å². The zero-order valence-electron chi connectivity index (χ0n) is 7.55. The second-order valence-corrected chi connectivity index (χ2v) is 2.76. The molecule has 0 aliphatic carbocycles. The van der Waals surface area contributed by atoms with Crippen molar-refractivity contribution in [3.8, 4) is 0 Å². The zero-order chi connectivity index (χ0) is 9.40. The molecule has 0 rings (SSSR count). The Bertz CT molecular complexity index is 128. The fourth-order valence-electron chi connectivity index (χ4n) is 0.932. The van der Waals surface area contributed by atoms with E-state index < -0.39 is 0 Å². The normalized spacial score (nSPS) is 12.6. The van der Waals surface area contributed by atoms with Gasteiger partial charge in [-0.1, -0.05) is 6.92 Å². The lowest BCUT2D eigenvalue weighted by Crippen LogP contribution is -2.40. The molecule has 12 heavy (non-hydrogen) atoms. The summed E-state index contributed by atoms with van der Waals surface area (Å²) in [5.41, 5.74) is 5.38. The lowest BCUT2D eigenvalue weighted by Gasteiger charge is -2.14. The van der Waals surface area contributed by atoms with Gasteiger partial charge in [0.15, 0.2) is 0 Å². The molecule has 4 nitrogen and oxygen atoms in total. The zero-order valence-corrected chi connectivity index (χ0v) is 7.55. The van der Waals surface area contributed by atoms with Gasteiger partial charge < -0.3 is 16.2 Å². The van der Waals surface area contributed by atoms with E-state index in [1.807, 2.05) is 6.92 Å². The third-order valence-electron chi connectivity index (χ3n) is 1.60. The van der Waals surface area contributed by atoms with Crippen LogP contribution in [0.3, 0.4) is 0 Å². The quantitative estimate of drug-likeness (QED) is 0.513. The van der Waals surface area contributed by atoms with Crippen LogP contribution in [0.1, 0.15) is 26.2 Å². The third kappa shape index (κ3) is 5.09. The highest BCUT2D eigenvalue weighted by atomic mass is 16.3. The van der Waals surface area contributed by atoms with Crippen LogP contribution in [0.25, 0.3) is 0 Å². The highest BCUT2D eigenvalue weighted by Crippen LogP contribution is 1.91. The first-order valence-corrected chi connectivity index (χ1v) is 4.34. The predicted octanol–water partition coefficient (Wildman–Crippen LogP) is -0.388. The largest absolute Gasteiger partial charge is 0.396 e. The Morgan fingerprint density at radius 2 is 2.33 bits per heavy atom. The molecule has 0 saturated carbocycles. The van der Waals surface area contributed by atoms with E-state index in [0.29, 0.717) is 19.4 Å². The molecule has 72 valence electrons. The molecule has 0 saturated heterocycles. The maximum absolute atomic E-state index is 11.0. The second-order valence-electron chi connectivity index (χ2n) is 2.76. The smallest absolute Gasteiger partial charge is 0.220 e. The van der Waals surface area contributed by atoms with Gasteiger partial charge in [0.2, 0.25) is 5.91 Å². The minimum Gasteiger partial charge on any atom is -0.396 e. The lowest BCUT2D eigenvalue weighted by molar-refractivity contribution is -0.121. The van der Waals surface area contributed by atoms with Crippen LogP contribution in [0.2, 0.25) is 0 Å². The fourth-order valence-corrected chi connectivity index (χ4v) is 0.932. The Hall–Kier alpha value is -0.610. The molecule has 0 aliphatic rings. The summed E-state index contributed by atoms with van der Waals surface area (Å²) < 4.78 is 0. The van der Waals surface area contributed by atoms with Crippen molar-refractivity contribution in [3.05, 3.63) is 0 Å². The molecule has 0 radical (unpaired) electrons. The molecular weight excluding hydrogens is 156 g/mol. The van der Waals surface area contributed by atoms with Gasteiger partial charge in [0, 0.05) is 25.6 Å². The number of carbonyl (C=O) groups is 1. The topological polar surface area (TPSA) is 75.4 Å².